The summed E-state index contributed by atoms with van der Waals surface area (Å²) in [6.45, 7) is 2.93. The smallest absolute Gasteiger partial charge is 0.222 e. The maximum Gasteiger partial charge on any atom is 0.222 e. The molecule has 0 spiro atoms. The fraction of sp³-hybridized carbons (Fsp3) is 0.636. The van der Waals surface area contributed by atoms with Gasteiger partial charge in [-0.05, 0) is 38.9 Å². The third-order valence-electron chi connectivity index (χ3n) is 3.16. The molecule has 1 aliphatic rings. The summed E-state index contributed by atoms with van der Waals surface area (Å²) in [7, 11) is 2.12. The van der Waals surface area contributed by atoms with Gasteiger partial charge in [0.1, 0.15) is 0 Å². The summed E-state index contributed by atoms with van der Waals surface area (Å²) < 4.78 is 13.3. The van der Waals surface area contributed by atoms with Crippen LogP contribution >= 0.6 is 0 Å². The Morgan fingerprint density at radius 1 is 1.53 bits per heavy atom. The molecule has 2 rings (SSSR count). The van der Waals surface area contributed by atoms with Crippen molar-refractivity contribution in [3.63, 3.8) is 0 Å². The Balaban J connectivity index is 1.87. The second kappa shape index (κ2) is 5.27. The summed E-state index contributed by atoms with van der Waals surface area (Å²) >= 11 is 0. The standard InChI is InChI=1S/C11H18FN5/c1-17-4-2-8(3-5-17)6-14-10-9(12)7-15-11(13)16-10/h7-8H,2-6H2,1H3,(H3,13,14,15,16). The first kappa shape index (κ1) is 12.0. The zero-order valence-corrected chi connectivity index (χ0v) is 9.99. The molecule has 0 atom stereocenters. The fourth-order valence-electron chi connectivity index (χ4n) is 2.01. The summed E-state index contributed by atoms with van der Waals surface area (Å²) in [5, 5.41) is 3.01. The van der Waals surface area contributed by atoms with Crippen LogP contribution in [0.1, 0.15) is 12.8 Å². The number of nitrogens with two attached hydrogens (primary N) is 1. The van der Waals surface area contributed by atoms with Crippen LogP contribution in [0.2, 0.25) is 0 Å². The van der Waals surface area contributed by atoms with Gasteiger partial charge in [-0.25, -0.2) is 9.37 Å². The van der Waals surface area contributed by atoms with Gasteiger partial charge in [-0.2, -0.15) is 4.98 Å². The molecule has 1 saturated heterocycles. The largest absolute Gasteiger partial charge is 0.368 e. The zero-order valence-electron chi connectivity index (χ0n) is 9.99. The predicted octanol–water partition coefficient (Wildman–Crippen LogP) is 0.952. The summed E-state index contributed by atoms with van der Waals surface area (Å²) in [4.78, 5) is 9.74. The second-order valence-corrected chi connectivity index (χ2v) is 4.55. The summed E-state index contributed by atoms with van der Waals surface area (Å²) in [5.41, 5.74) is 5.42. The van der Waals surface area contributed by atoms with E-state index in [9.17, 15) is 4.39 Å². The molecule has 1 aromatic heterocycles. The number of halogens is 1. The first-order valence-electron chi connectivity index (χ1n) is 5.85. The Hall–Kier alpha value is -1.43. The molecule has 0 amide bonds. The Bertz CT molecular complexity index is 376. The van der Waals surface area contributed by atoms with Crippen LogP contribution < -0.4 is 11.1 Å². The van der Waals surface area contributed by atoms with E-state index in [0.717, 1.165) is 38.7 Å². The van der Waals surface area contributed by atoms with Crippen LogP contribution in [0.15, 0.2) is 6.20 Å². The van der Waals surface area contributed by atoms with E-state index >= 15 is 0 Å². The number of piperidine rings is 1. The molecule has 2 heterocycles. The van der Waals surface area contributed by atoms with Crippen molar-refractivity contribution in [2.75, 3.05) is 37.7 Å². The summed E-state index contributed by atoms with van der Waals surface area (Å²) in [5.74, 6) is 0.419. The van der Waals surface area contributed by atoms with Gasteiger partial charge >= 0.3 is 0 Å². The Kier molecular flexibility index (Phi) is 3.73. The van der Waals surface area contributed by atoms with Crippen molar-refractivity contribution in [1.29, 1.82) is 0 Å². The molecule has 0 bridgehead atoms. The molecule has 1 aliphatic heterocycles. The van der Waals surface area contributed by atoms with E-state index in [1.54, 1.807) is 0 Å². The molecule has 0 aromatic carbocycles. The Morgan fingerprint density at radius 2 is 2.24 bits per heavy atom. The second-order valence-electron chi connectivity index (χ2n) is 4.55. The number of rotatable bonds is 3. The fourth-order valence-corrected chi connectivity index (χ4v) is 2.01. The van der Waals surface area contributed by atoms with Crippen molar-refractivity contribution in [3.8, 4) is 0 Å². The first-order valence-corrected chi connectivity index (χ1v) is 5.85. The summed E-state index contributed by atoms with van der Waals surface area (Å²) in [6, 6.07) is 0. The van der Waals surface area contributed by atoms with Gasteiger partial charge in [0.05, 0.1) is 6.20 Å². The van der Waals surface area contributed by atoms with Crippen LogP contribution in [0.4, 0.5) is 16.2 Å². The lowest BCUT2D eigenvalue weighted by Crippen LogP contribution is -2.33. The number of hydrogen-bond acceptors (Lipinski definition) is 5. The molecule has 94 valence electrons. The van der Waals surface area contributed by atoms with Crippen LogP contribution in [0.5, 0.6) is 0 Å². The van der Waals surface area contributed by atoms with Crippen LogP contribution in [-0.4, -0.2) is 41.5 Å². The minimum Gasteiger partial charge on any atom is -0.368 e. The highest BCUT2D eigenvalue weighted by Crippen LogP contribution is 2.17. The number of nitrogen functional groups attached to an aromatic ring is 1. The van der Waals surface area contributed by atoms with Gasteiger partial charge in [0.2, 0.25) is 5.95 Å². The third kappa shape index (κ3) is 3.26. The molecule has 17 heavy (non-hydrogen) atoms. The van der Waals surface area contributed by atoms with E-state index in [-0.39, 0.29) is 11.8 Å². The van der Waals surface area contributed by atoms with Gasteiger partial charge in [0, 0.05) is 6.54 Å². The van der Waals surface area contributed by atoms with E-state index in [1.807, 2.05) is 0 Å². The molecule has 0 unspecified atom stereocenters. The lowest BCUT2D eigenvalue weighted by atomic mass is 9.97. The number of hydrogen-bond donors (Lipinski definition) is 2. The minimum absolute atomic E-state index is 0.0947. The molecular formula is C11H18FN5. The highest BCUT2D eigenvalue weighted by molar-refractivity contribution is 5.39. The molecule has 0 saturated carbocycles. The molecule has 1 aromatic rings. The van der Waals surface area contributed by atoms with Crippen LogP contribution in [0.25, 0.3) is 0 Å². The van der Waals surface area contributed by atoms with Gasteiger partial charge in [-0.3, -0.25) is 0 Å². The van der Waals surface area contributed by atoms with Gasteiger partial charge in [0.25, 0.3) is 0 Å². The van der Waals surface area contributed by atoms with Gasteiger partial charge < -0.3 is 16.0 Å². The molecular weight excluding hydrogens is 221 g/mol. The number of aromatic nitrogens is 2. The predicted molar refractivity (Wildman–Crippen MR) is 65.1 cm³/mol. The maximum atomic E-state index is 13.3. The molecule has 1 fully saturated rings. The average Bonchev–Trinajstić information content (AvgIpc) is 2.32. The monoisotopic (exact) mass is 239 g/mol. The molecule has 6 heteroatoms. The van der Waals surface area contributed by atoms with Crippen LogP contribution in [-0.2, 0) is 0 Å². The number of anilines is 2. The van der Waals surface area contributed by atoms with Crippen molar-refractivity contribution in [1.82, 2.24) is 14.9 Å². The highest BCUT2D eigenvalue weighted by Gasteiger charge is 2.17. The van der Waals surface area contributed by atoms with Crippen LogP contribution in [0, 0.1) is 11.7 Å². The zero-order chi connectivity index (χ0) is 12.3. The Morgan fingerprint density at radius 3 is 2.94 bits per heavy atom. The molecule has 0 aliphatic carbocycles. The van der Waals surface area contributed by atoms with Gasteiger partial charge in [-0.1, -0.05) is 0 Å². The van der Waals surface area contributed by atoms with Gasteiger partial charge in [-0.15, -0.1) is 0 Å². The lowest BCUT2D eigenvalue weighted by molar-refractivity contribution is 0.226. The molecule has 5 nitrogen and oxygen atoms in total. The van der Waals surface area contributed by atoms with E-state index in [0.29, 0.717) is 5.92 Å². The minimum atomic E-state index is -0.452. The van der Waals surface area contributed by atoms with Crippen molar-refractivity contribution in [2.24, 2.45) is 5.92 Å². The van der Waals surface area contributed by atoms with Gasteiger partial charge in [0.15, 0.2) is 11.6 Å². The van der Waals surface area contributed by atoms with E-state index < -0.39 is 5.82 Å². The quantitative estimate of drug-likeness (QED) is 0.822. The normalized spacial score (nSPS) is 18.2. The SMILES string of the molecule is CN1CCC(CNc2nc(N)ncc2F)CC1. The topological polar surface area (TPSA) is 67.1 Å². The summed E-state index contributed by atoms with van der Waals surface area (Å²) in [6.07, 6.45) is 3.36. The molecule has 3 N–H and O–H groups in total. The highest BCUT2D eigenvalue weighted by atomic mass is 19.1. The molecule has 0 radical (unpaired) electrons. The third-order valence-corrected chi connectivity index (χ3v) is 3.16. The number of likely N-dealkylation sites (tertiary alicyclic amines) is 1. The van der Waals surface area contributed by atoms with Crippen LogP contribution in [0.3, 0.4) is 0 Å². The first-order chi connectivity index (χ1) is 8.15. The average molecular weight is 239 g/mol. The van der Waals surface area contributed by atoms with E-state index in [2.05, 4.69) is 27.2 Å². The van der Waals surface area contributed by atoms with Crippen molar-refractivity contribution >= 4 is 11.8 Å². The van der Waals surface area contributed by atoms with E-state index in [4.69, 9.17) is 5.73 Å². The number of nitrogens with zero attached hydrogens (tertiary/aromatic N) is 3. The van der Waals surface area contributed by atoms with Crippen molar-refractivity contribution in [2.45, 2.75) is 12.8 Å². The lowest BCUT2D eigenvalue weighted by Gasteiger charge is -2.29. The Labute approximate surface area is 100 Å². The van der Waals surface area contributed by atoms with Crippen molar-refractivity contribution < 1.29 is 4.39 Å². The maximum absolute atomic E-state index is 13.3. The van der Waals surface area contributed by atoms with E-state index in [1.165, 1.54) is 0 Å². The number of nitrogens with one attached hydrogen (secondary N) is 1. The van der Waals surface area contributed by atoms with Crippen molar-refractivity contribution in [3.05, 3.63) is 12.0 Å².